The van der Waals surface area contributed by atoms with Crippen molar-refractivity contribution < 1.29 is 29.3 Å². The van der Waals surface area contributed by atoms with Gasteiger partial charge in [0.15, 0.2) is 6.29 Å². The minimum atomic E-state index is -0.947. The summed E-state index contributed by atoms with van der Waals surface area (Å²) in [6.07, 6.45) is -1.01. The third-order valence-electron chi connectivity index (χ3n) is 7.60. The van der Waals surface area contributed by atoms with Gasteiger partial charge in [0.2, 0.25) is 5.91 Å². The number of carbonyl (C=O) groups excluding carboxylic acids is 1. The maximum atomic E-state index is 11.4. The average molecular weight is 598 g/mol. The predicted molar refractivity (Wildman–Crippen MR) is 166 cm³/mol. The number of aliphatic hydroxyl groups excluding tert-OH is 1. The summed E-state index contributed by atoms with van der Waals surface area (Å²) >= 11 is 1.62. The minimum absolute atomic E-state index is 0.0220. The molecular weight excluding hydrogens is 562 g/mol. The van der Waals surface area contributed by atoms with Gasteiger partial charge in [-0.15, -0.1) is 11.8 Å². The molecule has 1 amide bonds. The van der Waals surface area contributed by atoms with E-state index in [0.717, 1.165) is 38.3 Å². The molecule has 4 atom stereocenters. The molecule has 1 saturated heterocycles. The summed E-state index contributed by atoms with van der Waals surface area (Å²) in [5.41, 5.74) is 6.06. The number of hydrogen-bond donors (Lipinski definition) is 3. The van der Waals surface area contributed by atoms with Crippen molar-refractivity contribution in [1.29, 1.82) is 0 Å². The van der Waals surface area contributed by atoms with Gasteiger partial charge in [-0.1, -0.05) is 67.6 Å². The Kier molecular flexibility index (Phi) is 9.94. The molecule has 0 aliphatic carbocycles. The molecule has 3 N–H and O–H groups in total. The summed E-state index contributed by atoms with van der Waals surface area (Å²) in [5.74, 6) is -0.337. The molecular formula is C35H35NO6S. The lowest BCUT2D eigenvalue weighted by molar-refractivity contribution is -0.268. The first-order valence-electron chi connectivity index (χ1n) is 14.2. The lowest BCUT2D eigenvalue weighted by Crippen LogP contribution is -2.38. The van der Waals surface area contributed by atoms with Crippen molar-refractivity contribution in [1.82, 2.24) is 5.32 Å². The molecule has 8 heteroatoms. The second kappa shape index (κ2) is 14.0. The summed E-state index contributed by atoms with van der Waals surface area (Å²) in [6, 6.07) is 30.9. The molecule has 43 heavy (non-hydrogen) atoms. The molecule has 1 heterocycles. The fraction of sp³-hybridized carbons (Fsp3) is 0.257. The lowest BCUT2D eigenvalue weighted by Gasteiger charge is -2.41. The highest BCUT2D eigenvalue weighted by Gasteiger charge is 2.38. The van der Waals surface area contributed by atoms with Gasteiger partial charge in [0.25, 0.3) is 0 Å². The summed E-state index contributed by atoms with van der Waals surface area (Å²) < 4.78 is 13.3. The van der Waals surface area contributed by atoms with Crippen molar-refractivity contribution in [2.24, 2.45) is 5.92 Å². The van der Waals surface area contributed by atoms with Gasteiger partial charge in [-0.3, -0.25) is 4.79 Å². The third-order valence-corrected chi connectivity index (χ3v) is 8.70. The Morgan fingerprint density at radius 1 is 0.837 bits per heavy atom. The van der Waals surface area contributed by atoms with Crippen LogP contribution in [0.15, 0.2) is 102 Å². The van der Waals surface area contributed by atoms with E-state index in [1.54, 1.807) is 23.9 Å². The molecule has 222 valence electrons. The Hall–Kier alpha value is -3.95. The van der Waals surface area contributed by atoms with Crippen LogP contribution in [-0.4, -0.2) is 33.9 Å². The number of aromatic carboxylic acids is 1. The number of amides is 1. The molecule has 4 aromatic rings. The molecule has 0 bridgehead atoms. The zero-order valence-electron chi connectivity index (χ0n) is 24.1. The van der Waals surface area contributed by atoms with E-state index < -0.39 is 12.3 Å². The van der Waals surface area contributed by atoms with E-state index in [1.165, 1.54) is 6.92 Å². The van der Waals surface area contributed by atoms with Gasteiger partial charge in [0, 0.05) is 35.6 Å². The summed E-state index contributed by atoms with van der Waals surface area (Å²) in [5, 5.41) is 21.6. The van der Waals surface area contributed by atoms with Crippen molar-refractivity contribution >= 4 is 23.6 Å². The molecule has 0 radical (unpaired) electrons. The summed E-state index contributed by atoms with van der Waals surface area (Å²) in [6.45, 7) is 4.07. The van der Waals surface area contributed by atoms with Crippen molar-refractivity contribution in [2.45, 2.75) is 50.4 Å². The molecule has 0 saturated carbocycles. The topological polar surface area (TPSA) is 105 Å². The molecule has 0 aromatic heterocycles. The fourth-order valence-corrected chi connectivity index (χ4v) is 6.20. The summed E-state index contributed by atoms with van der Waals surface area (Å²) in [4.78, 5) is 23.6. The van der Waals surface area contributed by atoms with Crippen molar-refractivity contribution in [2.75, 3.05) is 5.75 Å². The van der Waals surface area contributed by atoms with E-state index in [4.69, 9.17) is 9.47 Å². The van der Waals surface area contributed by atoms with E-state index in [9.17, 15) is 19.8 Å². The Balaban J connectivity index is 1.40. The van der Waals surface area contributed by atoms with Crippen molar-refractivity contribution in [3.05, 3.63) is 125 Å². The number of thioether (sulfide) groups is 1. The predicted octanol–water partition coefficient (Wildman–Crippen LogP) is 6.76. The lowest BCUT2D eigenvalue weighted by atomic mass is 9.91. The first kappa shape index (κ1) is 30.5. The van der Waals surface area contributed by atoms with Crippen LogP contribution in [0.1, 0.15) is 58.9 Å². The number of rotatable bonds is 10. The van der Waals surface area contributed by atoms with Crippen molar-refractivity contribution in [3.63, 3.8) is 0 Å². The fourth-order valence-electron chi connectivity index (χ4n) is 5.13. The van der Waals surface area contributed by atoms with Crippen LogP contribution in [-0.2, 0) is 27.4 Å². The molecule has 4 aromatic carbocycles. The van der Waals surface area contributed by atoms with Gasteiger partial charge in [0.1, 0.15) is 0 Å². The molecule has 0 unspecified atom stereocenters. The number of hydrogen-bond acceptors (Lipinski definition) is 6. The molecule has 1 aliphatic heterocycles. The van der Waals surface area contributed by atoms with Crippen LogP contribution in [0, 0.1) is 5.92 Å². The number of carbonyl (C=O) groups is 2. The normalized spacial score (nSPS) is 20.0. The Bertz CT molecular complexity index is 1560. The minimum Gasteiger partial charge on any atom is -0.478 e. The highest BCUT2D eigenvalue weighted by atomic mass is 32.2. The number of benzene rings is 4. The number of carboxylic acid groups (broad SMARTS) is 1. The van der Waals surface area contributed by atoms with Gasteiger partial charge in [-0.25, -0.2) is 4.79 Å². The van der Waals surface area contributed by atoms with E-state index in [2.05, 4.69) is 24.4 Å². The molecule has 1 aliphatic rings. The van der Waals surface area contributed by atoms with Crippen LogP contribution in [0.2, 0.25) is 0 Å². The van der Waals surface area contributed by atoms with E-state index >= 15 is 0 Å². The van der Waals surface area contributed by atoms with Gasteiger partial charge in [0.05, 0.1) is 24.4 Å². The Labute approximate surface area is 255 Å². The zero-order valence-corrected chi connectivity index (χ0v) is 24.9. The van der Waals surface area contributed by atoms with Crippen LogP contribution >= 0.6 is 11.8 Å². The Morgan fingerprint density at radius 2 is 1.53 bits per heavy atom. The number of nitrogens with one attached hydrogen (secondary N) is 1. The second-order valence-corrected chi connectivity index (χ2v) is 11.8. The maximum absolute atomic E-state index is 11.4. The first-order valence-corrected chi connectivity index (χ1v) is 15.2. The Morgan fingerprint density at radius 3 is 2.21 bits per heavy atom. The van der Waals surface area contributed by atoms with Crippen LogP contribution < -0.4 is 5.32 Å². The highest BCUT2D eigenvalue weighted by Crippen LogP contribution is 2.43. The van der Waals surface area contributed by atoms with E-state index in [1.807, 2.05) is 72.8 Å². The monoisotopic (exact) mass is 597 g/mol. The molecule has 1 fully saturated rings. The molecule has 0 spiro atoms. The van der Waals surface area contributed by atoms with Gasteiger partial charge < -0.3 is 25.0 Å². The zero-order chi connectivity index (χ0) is 30.3. The average Bonchev–Trinajstić information content (AvgIpc) is 3.03. The van der Waals surface area contributed by atoms with Crippen molar-refractivity contribution in [3.8, 4) is 11.1 Å². The van der Waals surface area contributed by atoms with Crippen LogP contribution in [0.25, 0.3) is 11.1 Å². The summed E-state index contributed by atoms with van der Waals surface area (Å²) in [7, 11) is 0. The highest BCUT2D eigenvalue weighted by molar-refractivity contribution is 7.99. The smallest absolute Gasteiger partial charge is 0.335 e. The molecule has 5 rings (SSSR count). The number of aliphatic hydroxyl groups is 1. The quantitative estimate of drug-likeness (QED) is 0.173. The largest absolute Gasteiger partial charge is 0.478 e. The third kappa shape index (κ3) is 7.72. The molecule has 7 nitrogen and oxygen atoms in total. The number of carboxylic acids is 1. The van der Waals surface area contributed by atoms with Gasteiger partial charge >= 0.3 is 5.97 Å². The van der Waals surface area contributed by atoms with Crippen LogP contribution in [0.5, 0.6) is 0 Å². The standard InChI is InChI=1S/C35H35NO6S/c1-22-32(21-43-31-15-13-27(14-16-31)34(39)40)41-35(42-33(22)26-11-9-24(20-37)10-12-26)30-8-4-7-29(18-30)28-6-3-5-25(17-28)19-36-23(2)38/h3-18,22,32-33,35,37H,19-21H2,1-2H3,(H,36,38)(H,39,40)/t22-,32+,33+,35+/m1/s1. The van der Waals surface area contributed by atoms with Gasteiger partial charge in [-0.05, 0) is 64.2 Å². The SMILES string of the molecule is CC(=O)NCc1cccc(-c2cccc([C@H]3O[C@@H](CSc4ccc(C(=O)O)cc4)[C@@H](C)[C@@H](c4ccc(CO)cc4)O3)c2)c1. The van der Waals surface area contributed by atoms with E-state index in [-0.39, 0.29) is 36.2 Å². The first-order chi connectivity index (χ1) is 20.8. The van der Waals surface area contributed by atoms with Crippen LogP contribution in [0.4, 0.5) is 0 Å². The van der Waals surface area contributed by atoms with E-state index in [0.29, 0.717) is 12.3 Å². The van der Waals surface area contributed by atoms with Gasteiger partial charge in [-0.2, -0.15) is 0 Å². The maximum Gasteiger partial charge on any atom is 0.335 e. The number of ether oxygens (including phenoxy) is 2. The van der Waals surface area contributed by atoms with Crippen LogP contribution in [0.3, 0.4) is 0 Å². The second-order valence-electron chi connectivity index (χ2n) is 10.7.